The molecule has 0 saturated heterocycles. The van der Waals surface area contributed by atoms with E-state index in [-0.39, 0.29) is 11.5 Å². The fourth-order valence-electron chi connectivity index (χ4n) is 4.58. The van der Waals surface area contributed by atoms with Crippen molar-refractivity contribution >= 4 is 22.5 Å². The molecule has 2 N–H and O–H groups in total. The smallest absolute Gasteiger partial charge is 0.258 e. The number of carbonyl (C=O) groups is 1. The zero-order valence-electron chi connectivity index (χ0n) is 18.8. The number of benzene rings is 2. The largest absolute Gasteiger partial charge is 0.326 e. The number of fused-ring (bicyclic) bond motifs is 1. The summed E-state index contributed by atoms with van der Waals surface area (Å²) in [5.41, 5.74) is 2.59. The molecule has 0 aliphatic heterocycles. The van der Waals surface area contributed by atoms with Crippen LogP contribution in [-0.2, 0) is 17.8 Å². The fourth-order valence-corrected chi connectivity index (χ4v) is 4.58. The van der Waals surface area contributed by atoms with Crippen LogP contribution in [0.25, 0.3) is 10.9 Å². The predicted molar refractivity (Wildman–Crippen MR) is 129 cm³/mol. The number of rotatable bonds is 8. The van der Waals surface area contributed by atoms with Gasteiger partial charge in [-0.1, -0.05) is 49.6 Å². The number of hydrogen-bond donors (Lipinski definition) is 2. The van der Waals surface area contributed by atoms with E-state index in [9.17, 15) is 9.59 Å². The summed E-state index contributed by atoms with van der Waals surface area (Å²) in [6.07, 6.45) is 8.04. The van der Waals surface area contributed by atoms with Gasteiger partial charge in [0.15, 0.2) is 0 Å². The minimum absolute atomic E-state index is 0.0131. The maximum Gasteiger partial charge on any atom is 0.258 e. The number of para-hydroxylation sites is 2. The second kappa shape index (κ2) is 10.6. The van der Waals surface area contributed by atoms with Crippen molar-refractivity contribution in [3.63, 3.8) is 0 Å². The molecule has 4 rings (SSSR count). The van der Waals surface area contributed by atoms with Crippen LogP contribution >= 0.6 is 0 Å². The molecule has 1 heterocycles. The van der Waals surface area contributed by atoms with Gasteiger partial charge in [-0.2, -0.15) is 0 Å². The second-order valence-electron chi connectivity index (χ2n) is 8.80. The Hall–Kier alpha value is -2.99. The van der Waals surface area contributed by atoms with Gasteiger partial charge in [0.2, 0.25) is 5.91 Å². The van der Waals surface area contributed by atoms with Crippen LogP contribution in [0.15, 0.2) is 53.3 Å². The van der Waals surface area contributed by atoms with E-state index >= 15 is 0 Å². The van der Waals surface area contributed by atoms with E-state index in [4.69, 9.17) is 0 Å². The first-order valence-electron chi connectivity index (χ1n) is 11.7. The molecule has 1 fully saturated rings. The maximum atomic E-state index is 12.6. The average Bonchev–Trinajstić information content (AvgIpc) is 2.81. The van der Waals surface area contributed by atoms with Gasteiger partial charge in [-0.25, -0.2) is 4.98 Å². The van der Waals surface area contributed by atoms with Crippen LogP contribution in [0.3, 0.4) is 0 Å². The SMILES string of the molecule is CN(Cc1ccccc1NC(=O)CCCc1nc2ccccc2c(=O)[nH]1)C1CCCCC1. The zero-order chi connectivity index (χ0) is 22.3. The minimum Gasteiger partial charge on any atom is -0.326 e. The summed E-state index contributed by atoms with van der Waals surface area (Å²) in [4.78, 5) is 34.6. The first kappa shape index (κ1) is 22.2. The van der Waals surface area contributed by atoms with Crippen molar-refractivity contribution in [3.8, 4) is 0 Å². The van der Waals surface area contributed by atoms with Crippen molar-refractivity contribution in [2.45, 2.75) is 64.0 Å². The lowest BCUT2D eigenvalue weighted by Gasteiger charge is -2.31. The van der Waals surface area contributed by atoms with E-state index in [1.54, 1.807) is 6.07 Å². The topological polar surface area (TPSA) is 78.1 Å². The molecule has 0 bridgehead atoms. The van der Waals surface area contributed by atoms with Gasteiger partial charge in [0.1, 0.15) is 5.82 Å². The number of H-pyrrole nitrogens is 1. The summed E-state index contributed by atoms with van der Waals surface area (Å²) < 4.78 is 0. The van der Waals surface area contributed by atoms with Gasteiger partial charge in [0.05, 0.1) is 10.9 Å². The lowest BCUT2D eigenvalue weighted by molar-refractivity contribution is -0.116. The Bertz CT molecular complexity index is 1120. The minimum atomic E-state index is -0.133. The zero-order valence-corrected chi connectivity index (χ0v) is 18.8. The molecule has 1 amide bonds. The summed E-state index contributed by atoms with van der Waals surface area (Å²) in [5.74, 6) is 0.608. The molecule has 6 heteroatoms. The number of nitrogens with zero attached hydrogens (tertiary/aromatic N) is 2. The van der Waals surface area contributed by atoms with E-state index < -0.39 is 0 Å². The predicted octanol–water partition coefficient (Wildman–Crippen LogP) is 4.65. The molecule has 1 saturated carbocycles. The number of aromatic amines is 1. The van der Waals surface area contributed by atoms with Crippen LogP contribution < -0.4 is 10.9 Å². The Kier molecular flexibility index (Phi) is 7.32. The number of carbonyl (C=O) groups excluding carboxylic acids is 1. The van der Waals surface area contributed by atoms with Crippen LogP contribution in [0.2, 0.25) is 0 Å². The van der Waals surface area contributed by atoms with E-state index in [0.717, 1.165) is 17.8 Å². The summed E-state index contributed by atoms with van der Waals surface area (Å²) >= 11 is 0. The number of aryl methyl sites for hydroxylation is 1. The highest BCUT2D eigenvalue weighted by molar-refractivity contribution is 5.91. The van der Waals surface area contributed by atoms with Gasteiger partial charge < -0.3 is 10.3 Å². The Labute approximate surface area is 189 Å². The monoisotopic (exact) mass is 432 g/mol. The van der Waals surface area contributed by atoms with Crippen LogP contribution in [0, 0.1) is 0 Å². The highest BCUT2D eigenvalue weighted by atomic mass is 16.1. The molecular weight excluding hydrogens is 400 g/mol. The third-order valence-corrected chi connectivity index (χ3v) is 6.39. The van der Waals surface area contributed by atoms with Crippen molar-refractivity contribution in [2.75, 3.05) is 12.4 Å². The number of amides is 1. The van der Waals surface area contributed by atoms with Crippen molar-refractivity contribution < 1.29 is 4.79 Å². The molecule has 1 aromatic heterocycles. The Morgan fingerprint density at radius 2 is 1.84 bits per heavy atom. The quantitative estimate of drug-likeness (QED) is 0.543. The van der Waals surface area contributed by atoms with Crippen molar-refractivity contribution in [3.05, 3.63) is 70.3 Å². The number of nitrogens with one attached hydrogen (secondary N) is 2. The highest BCUT2D eigenvalue weighted by Crippen LogP contribution is 2.25. The molecule has 3 aromatic rings. The van der Waals surface area contributed by atoms with E-state index in [1.807, 2.05) is 36.4 Å². The first-order chi connectivity index (χ1) is 15.6. The van der Waals surface area contributed by atoms with Crippen LogP contribution in [0.5, 0.6) is 0 Å². The molecule has 6 nitrogen and oxygen atoms in total. The van der Waals surface area contributed by atoms with Gasteiger partial charge in [0.25, 0.3) is 5.56 Å². The summed E-state index contributed by atoms with van der Waals surface area (Å²) in [7, 11) is 2.19. The normalized spacial score (nSPS) is 14.7. The maximum absolute atomic E-state index is 12.6. The molecule has 2 aromatic carbocycles. The van der Waals surface area contributed by atoms with Crippen molar-refractivity contribution in [1.82, 2.24) is 14.9 Å². The summed E-state index contributed by atoms with van der Waals surface area (Å²) in [5, 5.41) is 3.68. The number of anilines is 1. The average molecular weight is 433 g/mol. The summed E-state index contributed by atoms with van der Waals surface area (Å²) in [6, 6.07) is 16.0. The molecule has 1 aliphatic carbocycles. The lowest BCUT2D eigenvalue weighted by Crippen LogP contribution is -2.33. The van der Waals surface area contributed by atoms with Gasteiger partial charge in [0, 0.05) is 31.1 Å². The van der Waals surface area contributed by atoms with Crippen LogP contribution in [0.4, 0.5) is 5.69 Å². The van der Waals surface area contributed by atoms with Gasteiger partial charge >= 0.3 is 0 Å². The first-order valence-corrected chi connectivity index (χ1v) is 11.7. The van der Waals surface area contributed by atoms with Crippen LogP contribution in [-0.4, -0.2) is 33.9 Å². The van der Waals surface area contributed by atoms with Gasteiger partial charge in [-0.05, 0) is 50.1 Å². The van der Waals surface area contributed by atoms with E-state index in [1.165, 1.54) is 32.1 Å². The van der Waals surface area contributed by atoms with Crippen molar-refractivity contribution in [2.24, 2.45) is 0 Å². The Balaban J connectivity index is 1.32. The summed E-state index contributed by atoms with van der Waals surface area (Å²) in [6.45, 7) is 0.837. The van der Waals surface area contributed by atoms with Gasteiger partial charge in [-0.3, -0.25) is 14.5 Å². The van der Waals surface area contributed by atoms with E-state index in [2.05, 4.69) is 33.3 Å². The molecular formula is C26H32N4O2. The Morgan fingerprint density at radius 1 is 1.09 bits per heavy atom. The Morgan fingerprint density at radius 3 is 2.69 bits per heavy atom. The molecule has 0 spiro atoms. The van der Waals surface area contributed by atoms with Crippen LogP contribution in [0.1, 0.15) is 56.3 Å². The van der Waals surface area contributed by atoms with E-state index in [0.29, 0.717) is 42.0 Å². The van der Waals surface area contributed by atoms with Crippen molar-refractivity contribution in [1.29, 1.82) is 0 Å². The highest BCUT2D eigenvalue weighted by Gasteiger charge is 2.19. The molecule has 32 heavy (non-hydrogen) atoms. The molecule has 0 radical (unpaired) electrons. The number of hydrogen-bond acceptors (Lipinski definition) is 4. The lowest BCUT2D eigenvalue weighted by atomic mass is 9.94. The fraction of sp³-hybridized carbons (Fsp3) is 0.423. The third kappa shape index (κ3) is 5.62. The third-order valence-electron chi connectivity index (χ3n) is 6.39. The standard InChI is InChI=1S/C26H32N4O2/c1-30(20-11-3-2-4-12-20)18-19-10-5-7-14-22(19)28-25(31)17-9-16-24-27-23-15-8-6-13-21(23)26(32)29-24/h5-8,10,13-15,20H,2-4,9,11-12,16-18H2,1H3,(H,28,31)(H,27,29,32). The second-order valence-corrected chi connectivity index (χ2v) is 8.80. The number of aromatic nitrogens is 2. The van der Waals surface area contributed by atoms with Gasteiger partial charge in [-0.15, -0.1) is 0 Å². The molecule has 168 valence electrons. The molecule has 0 unspecified atom stereocenters. The molecule has 1 aliphatic rings. The molecule has 0 atom stereocenters.